The summed E-state index contributed by atoms with van der Waals surface area (Å²) >= 11 is 3.91. The second-order valence-electron chi connectivity index (χ2n) is 15.6. The van der Waals surface area contributed by atoms with Gasteiger partial charge in [-0.05, 0) is 98.7 Å². The van der Waals surface area contributed by atoms with Crippen LogP contribution in [0.2, 0.25) is 0 Å². The van der Waals surface area contributed by atoms with Crippen LogP contribution >= 0.6 is 24.2 Å². The molecule has 11 heteroatoms. The molecule has 0 aromatic carbocycles. The van der Waals surface area contributed by atoms with Crippen LogP contribution in [0.3, 0.4) is 0 Å². The number of rotatable bonds is 0. The first-order valence-corrected chi connectivity index (χ1v) is 21.7. The maximum absolute atomic E-state index is 4.82. The molecule has 8 N–H and O–H groups in total. The van der Waals surface area contributed by atoms with Gasteiger partial charge in [-0.15, -0.1) is 0 Å². The van der Waals surface area contributed by atoms with Gasteiger partial charge in [-0.25, -0.2) is 0 Å². The Bertz CT molecular complexity index is 745. The van der Waals surface area contributed by atoms with Crippen molar-refractivity contribution in [1.29, 1.82) is 0 Å². The number of hydrogen-bond acceptors (Lipinski definition) is 8. The Morgan fingerprint density at radius 1 is 0.326 bits per heavy atom. The van der Waals surface area contributed by atoms with Crippen molar-refractivity contribution >= 4 is 24.2 Å². The zero-order valence-corrected chi connectivity index (χ0v) is 28.9. The summed E-state index contributed by atoms with van der Waals surface area (Å²) in [5, 5.41) is 33.8. The Hall–Kier alpha value is 0.969. The topological polar surface area (TPSA) is 96.2 Å². The fraction of sp³-hybridized carbons (Fsp3) is 1.00. The van der Waals surface area contributed by atoms with E-state index < -0.39 is 0 Å². The molecule has 4 saturated carbocycles. The molecule has 8 nitrogen and oxygen atoms in total. The van der Waals surface area contributed by atoms with Crippen molar-refractivity contribution in [2.45, 2.75) is 152 Å². The van der Waals surface area contributed by atoms with Crippen molar-refractivity contribution < 1.29 is 12.2 Å². The van der Waals surface area contributed by atoms with Gasteiger partial charge in [0.1, 0.15) is 0 Å². The van der Waals surface area contributed by atoms with Crippen LogP contribution in [0.1, 0.15) is 103 Å². The van der Waals surface area contributed by atoms with Crippen LogP contribution in [0.15, 0.2) is 0 Å². The van der Waals surface area contributed by atoms with E-state index >= 15 is 0 Å². The molecule has 8 atom stereocenters. The molecule has 0 amide bonds. The fourth-order valence-electron chi connectivity index (χ4n) is 12.0. The molecular weight excluding hydrogens is 675 g/mol. The molecule has 5 saturated heterocycles. The van der Waals surface area contributed by atoms with Crippen molar-refractivity contribution in [2.24, 2.45) is 47.3 Å². The molecule has 249 valence electrons. The molecule has 0 aromatic heterocycles. The molecular formula is C32H56BrClCuN8. The normalized spacial score (nSPS) is 54.1. The van der Waals surface area contributed by atoms with Gasteiger partial charge >= 0.3 is 36.4 Å². The van der Waals surface area contributed by atoms with Crippen LogP contribution < -0.4 is 42.5 Å². The maximum atomic E-state index is 4.82. The summed E-state index contributed by atoms with van der Waals surface area (Å²) < 4.78 is 0. The van der Waals surface area contributed by atoms with E-state index in [1.54, 1.807) is 0 Å². The number of halogens is 2. The summed E-state index contributed by atoms with van der Waals surface area (Å²) in [7, 11) is 4.82. The molecule has 8 unspecified atom stereocenters. The third-order valence-electron chi connectivity index (χ3n) is 13.8. The van der Waals surface area contributed by atoms with Crippen molar-refractivity contribution in [3.8, 4) is 0 Å². The molecule has 0 radical (unpaired) electrons. The molecule has 4 aliphatic carbocycles. The van der Waals surface area contributed by atoms with E-state index in [0.717, 1.165) is 59.6 Å². The van der Waals surface area contributed by atoms with Gasteiger partial charge in [-0.1, -0.05) is 51.4 Å². The predicted octanol–water partition coefficient (Wildman–Crippen LogP) is 4.14. The molecule has 0 aromatic rings. The third kappa shape index (κ3) is 6.07. The molecule has 9 fully saturated rings. The van der Waals surface area contributed by atoms with Gasteiger partial charge in [0, 0.05) is 0 Å². The van der Waals surface area contributed by atoms with Crippen molar-refractivity contribution in [3.63, 3.8) is 0 Å². The minimum absolute atomic E-state index is 0.420. The van der Waals surface area contributed by atoms with Gasteiger partial charge in [0.2, 0.25) is 0 Å². The summed E-state index contributed by atoms with van der Waals surface area (Å²) in [6.45, 7) is 0. The molecule has 9 rings (SSSR count). The average Bonchev–Trinajstić information content (AvgIpc) is 3.77. The van der Waals surface area contributed by atoms with Gasteiger partial charge in [0.15, 0.2) is 0 Å². The van der Waals surface area contributed by atoms with Gasteiger partial charge in [0.05, 0.1) is 49.3 Å². The second kappa shape index (κ2) is 13.8. The fourth-order valence-corrected chi connectivity index (χ4v) is 12.0. The zero-order chi connectivity index (χ0) is 28.9. The summed E-state index contributed by atoms with van der Waals surface area (Å²) in [5.74, 6) is 5.97. The number of hydrogen-bond donors (Lipinski definition) is 8. The van der Waals surface area contributed by atoms with Crippen LogP contribution in [-0.2, 0) is 12.2 Å². The molecule has 8 bridgehead atoms. The predicted molar refractivity (Wildman–Crippen MR) is 172 cm³/mol. The van der Waals surface area contributed by atoms with Crippen molar-refractivity contribution in [2.75, 3.05) is 0 Å². The summed E-state index contributed by atoms with van der Waals surface area (Å²) in [5.41, 5.74) is 0. The monoisotopic (exact) mass is 729 g/mol. The van der Waals surface area contributed by atoms with Gasteiger partial charge < -0.3 is 0 Å². The van der Waals surface area contributed by atoms with Crippen LogP contribution in [0, 0.1) is 47.3 Å². The molecule has 5 heterocycles. The number of nitrogens with one attached hydrogen (secondary N) is 8. The first-order valence-electron chi connectivity index (χ1n) is 18.1. The average molecular weight is 732 g/mol. The molecule has 9 aliphatic rings. The summed E-state index contributed by atoms with van der Waals surface area (Å²) in [4.78, 5) is 0. The van der Waals surface area contributed by atoms with Crippen molar-refractivity contribution in [3.05, 3.63) is 0 Å². The van der Waals surface area contributed by atoms with E-state index in [4.69, 9.17) is 10.1 Å². The summed E-state index contributed by atoms with van der Waals surface area (Å²) in [6, 6.07) is 0. The third-order valence-corrected chi connectivity index (χ3v) is 13.8. The standard InChI is InChI=1S/C32H56N8.BrH.ClH.Cu/c1-2-10-18-17(9-1)25-33-26(18)38-28-21-13-5-6-14-22(21)30(35-28)40-32-24-16-8-7-15-23(24)31(36-32)39-29-20-12-4-3-11-19(20)27(34-29)37-25;;;/h17-40H,1-16H2;2*1H;/q;;;+2/p-2. The Balaban J connectivity index is 0.000000892. The van der Waals surface area contributed by atoms with E-state index in [0.29, 0.717) is 49.3 Å². The first kappa shape index (κ1) is 31.3. The van der Waals surface area contributed by atoms with Gasteiger partial charge in [0.25, 0.3) is 0 Å². The Kier molecular flexibility index (Phi) is 10.1. The van der Waals surface area contributed by atoms with Crippen molar-refractivity contribution in [1.82, 2.24) is 42.5 Å². The SMILES string of the molecule is C1CCC2C3NC(NC4NC(NC5NC(NC6NC(N3)C3CCCCC63)C3CCCCC53)C3CCCCC43)C2C1.[Cl][Cu][Br]. The van der Waals surface area contributed by atoms with E-state index in [9.17, 15) is 0 Å². The van der Waals surface area contributed by atoms with E-state index in [2.05, 4.69) is 56.6 Å². The van der Waals surface area contributed by atoms with Crippen LogP contribution in [0.4, 0.5) is 0 Å². The first-order chi connectivity index (χ1) is 21.2. The zero-order valence-electron chi connectivity index (χ0n) is 25.6. The van der Waals surface area contributed by atoms with Crippen LogP contribution in [-0.4, -0.2) is 49.3 Å². The Morgan fingerprint density at radius 3 is 0.558 bits per heavy atom. The Labute approximate surface area is 277 Å². The van der Waals surface area contributed by atoms with E-state index in [1.165, 1.54) is 103 Å². The van der Waals surface area contributed by atoms with E-state index in [1.807, 2.05) is 0 Å². The molecule has 5 aliphatic heterocycles. The number of fused-ring (bicyclic) bond motifs is 20. The van der Waals surface area contributed by atoms with Gasteiger partial charge in [-0.3, -0.25) is 42.5 Å². The quantitative estimate of drug-likeness (QED) is 0.177. The molecule has 0 spiro atoms. The van der Waals surface area contributed by atoms with Crippen LogP contribution in [0.5, 0.6) is 0 Å². The second-order valence-corrected chi connectivity index (χ2v) is 18.4. The Morgan fingerprint density at radius 2 is 0.442 bits per heavy atom. The molecule has 43 heavy (non-hydrogen) atoms. The van der Waals surface area contributed by atoms with E-state index in [-0.39, 0.29) is 0 Å². The van der Waals surface area contributed by atoms with Crippen LogP contribution in [0.25, 0.3) is 0 Å². The summed E-state index contributed by atoms with van der Waals surface area (Å²) in [6.07, 6.45) is 25.6. The van der Waals surface area contributed by atoms with Gasteiger partial charge in [-0.2, -0.15) is 0 Å². The minimum atomic E-state index is 0.420.